The summed E-state index contributed by atoms with van der Waals surface area (Å²) in [5, 5.41) is 2.36. The van der Waals surface area contributed by atoms with Crippen molar-refractivity contribution in [1.29, 1.82) is 0 Å². The van der Waals surface area contributed by atoms with E-state index in [1.807, 2.05) is 0 Å². The Hall–Kier alpha value is -0.770. The van der Waals surface area contributed by atoms with E-state index in [9.17, 15) is 9.59 Å². The minimum atomic E-state index is -1.02. The van der Waals surface area contributed by atoms with Gasteiger partial charge in [-0.3, -0.25) is 9.59 Å². The Bertz CT molecular complexity index is 179. The maximum atomic E-state index is 10.7. The molecule has 0 aromatic carbocycles. The van der Waals surface area contributed by atoms with Crippen LogP contribution in [-0.2, 0) is 9.59 Å². The van der Waals surface area contributed by atoms with Crippen molar-refractivity contribution in [2.45, 2.75) is 19.4 Å². The van der Waals surface area contributed by atoms with Gasteiger partial charge in [0.2, 0.25) is 11.8 Å². The fourth-order valence-corrected chi connectivity index (χ4v) is 0.510. The molecule has 0 aromatic rings. The highest BCUT2D eigenvalue weighted by Gasteiger charge is 2.25. The van der Waals surface area contributed by atoms with Crippen molar-refractivity contribution in [3.8, 4) is 0 Å². The van der Waals surface area contributed by atoms with E-state index < -0.39 is 17.4 Å². The lowest BCUT2D eigenvalue weighted by Crippen LogP contribution is -2.53. The van der Waals surface area contributed by atoms with Gasteiger partial charge in [0.05, 0.1) is 0 Å². The number of halogens is 1. The van der Waals surface area contributed by atoms with Gasteiger partial charge < -0.3 is 11.1 Å². The molecule has 64 valence electrons. The van der Waals surface area contributed by atoms with Crippen molar-refractivity contribution in [3.05, 3.63) is 0 Å². The molecule has 0 heterocycles. The van der Waals surface area contributed by atoms with Crippen molar-refractivity contribution in [1.82, 2.24) is 5.32 Å². The number of nitrogens with two attached hydrogens (primary N) is 1. The summed E-state index contributed by atoms with van der Waals surface area (Å²) in [6.07, 6.45) is 0. The molecule has 0 atom stereocenters. The summed E-state index contributed by atoms with van der Waals surface area (Å²) in [6.45, 7) is 3.03. The normalized spacial score (nSPS) is 10.8. The zero-order valence-corrected chi connectivity index (χ0v) is 7.23. The molecule has 0 radical (unpaired) electrons. The number of hydrogen-bond donors (Lipinski definition) is 2. The first-order valence-electron chi connectivity index (χ1n) is 3.07. The van der Waals surface area contributed by atoms with E-state index in [-0.39, 0.29) is 5.88 Å². The van der Waals surface area contributed by atoms with Crippen LogP contribution in [0.4, 0.5) is 0 Å². The van der Waals surface area contributed by atoms with Crippen LogP contribution < -0.4 is 11.1 Å². The van der Waals surface area contributed by atoms with Crippen LogP contribution >= 0.6 is 11.6 Å². The molecule has 0 unspecified atom stereocenters. The van der Waals surface area contributed by atoms with E-state index >= 15 is 0 Å². The Labute approximate surface area is 70.1 Å². The average molecular weight is 179 g/mol. The van der Waals surface area contributed by atoms with Crippen molar-refractivity contribution in [2.24, 2.45) is 5.73 Å². The van der Waals surface area contributed by atoms with E-state index in [1.54, 1.807) is 0 Å². The summed E-state index contributed by atoms with van der Waals surface area (Å²) in [6, 6.07) is 0. The van der Waals surface area contributed by atoms with Gasteiger partial charge in [0, 0.05) is 0 Å². The van der Waals surface area contributed by atoms with Gasteiger partial charge in [-0.05, 0) is 13.8 Å². The zero-order valence-electron chi connectivity index (χ0n) is 6.48. The Morgan fingerprint density at radius 3 is 2.27 bits per heavy atom. The zero-order chi connectivity index (χ0) is 9.07. The summed E-state index contributed by atoms with van der Waals surface area (Å²) in [5.41, 5.74) is 3.95. The molecule has 0 saturated carbocycles. The van der Waals surface area contributed by atoms with Crippen LogP contribution in [0.15, 0.2) is 0 Å². The molecule has 5 heteroatoms. The molecule has 11 heavy (non-hydrogen) atoms. The van der Waals surface area contributed by atoms with Crippen LogP contribution in [-0.4, -0.2) is 23.2 Å². The second-order valence-electron chi connectivity index (χ2n) is 2.67. The molecule has 0 rings (SSSR count). The number of hydrogen-bond acceptors (Lipinski definition) is 2. The fraction of sp³-hybridized carbons (Fsp3) is 0.667. The predicted molar refractivity (Wildman–Crippen MR) is 42.1 cm³/mol. The molecule has 0 aliphatic heterocycles. The number of rotatable bonds is 3. The topological polar surface area (TPSA) is 72.2 Å². The lowest BCUT2D eigenvalue weighted by atomic mass is 10.1. The van der Waals surface area contributed by atoms with E-state index in [1.165, 1.54) is 13.8 Å². The summed E-state index contributed by atoms with van der Waals surface area (Å²) < 4.78 is 0. The number of primary amides is 1. The van der Waals surface area contributed by atoms with E-state index in [2.05, 4.69) is 5.32 Å². The Morgan fingerprint density at radius 1 is 1.55 bits per heavy atom. The molecular weight excluding hydrogens is 168 g/mol. The first kappa shape index (κ1) is 10.2. The highest BCUT2D eigenvalue weighted by molar-refractivity contribution is 6.27. The number of carbonyl (C=O) groups excluding carboxylic acids is 2. The van der Waals surface area contributed by atoms with Gasteiger partial charge in [0.1, 0.15) is 11.4 Å². The number of carbonyl (C=O) groups is 2. The Balaban J connectivity index is 4.12. The van der Waals surface area contributed by atoms with Crippen molar-refractivity contribution in [3.63, 3.8) is 0 Å². The average Bonchev–Trinajstić information content (AvgIpc) is 1.86. The van der Waals surface area contributed by atoms with Crippen LogP contribution in [0.1, 0.15) is 13.8 Å². The molecule has 0 aromatic heterocycles. The molecule has 3 N–H and O–H groups in total. The quantitative estimate of drug-likeness (QED) is 0.578. The van der Waals surface area contributed by atoms with Crippen LogP contribution in [0.5, 0.6) is 0 Å². The lowest BCUT2D eigenvalue weighted by Gasteiger charge is -2.21. The lowest BCUT2D eigenvalue weighted by molar-refractivity contribution is -0.129. The largest absolute Gasteiger partial charge is 0.368 e. The Morgan fingerprint density at radius 2 is 2.00 bits per heavy atom. The maximum Gasteiger partial charge on any atom is 0.242 e. The van der Waals surface area contributed by atoms with E-state index in [0.717, 1.165) is 0 Å². The first-order chi connectivity index (χ1) is 4.90. The fourth-order valence-electron chi connectivity index (χ4n) is 0.444. The van der Waals surface area contributed by atoms with Gasteiger partial charge in [-0.15, -0.1) is 11.6 Å². The third-order valence-electron chi connectivity index (χ3n) is 1.19. The third kappa shape index (κ3) is 3.23. The van der Waals surface area contributed by atoms with E-state index in [0.29, 0.717) is 0 Å². The molecule has 4 nitrogen and oxygen atoms in total. The van der Waals surface area contributed by atoms with Crippen LogP contribution in [0.25, 0.3) is 0 Å². The molecule has 2 amide bonds. The summed E-state index contributed by atoms with van der Waals surface area (Å²) in [7, 11) is 0. The minimum Gasteiger partial charge on any atom is -0.368 e. The molecule has 0 bridgehead atoms. The SMILES string of the molecule is CC(C)(NC(=O)CCl)C(N)=O. The highest BCUT2D eigenvalue weighted by Crippen LogP contribution is 1.99. The maximum absolute atomic E-state index is 10.7. The highest BCUT2D eigenvalue weighted by atomic mass is 35.5. The summed E-state index contributed by atoms with van der Waals surface area (Å²) in [4.78, 5) is 21.3. The summed E-state index contributed by atoms with van der Waals surface area (Å²) >= 11 is 5.20. The molecule has 0 aliphatic rings. The van der Waals surface area contributed by atoms with Crippen LogP contribution in [0.3, 0.4) is 0 Å². The second kappa shape index (κ2) is 3.57. The smallest absolute Gasteiger partial charge is 0.242 e. The van der Waals surface area contributed by atoms with Crippen LogP contribution in [0.2, 0.25) is 0 Å². The van der Waals surface area contributed by atoms with Gasteiger partial charge in [-0.2, -0.15) is 0 Å². The van der Waals surface area contributed by atoms with Crippen LogP contribution in [0, 0.1) is 0 Å². The van der Waals surface area contributed by atoms with Gasteiger partial charge >= 0.3 is 0 Å². The van der Waals surface area contributed by atoms with Crippen molar-refractivity contribution in [2.75, 3.05) is 5.88 Å². The molecule has 0 fully saturated rings. The van der Waals surface area contributed by atoms with Gasteiger partial charge in [-0.1, -0.05) is 0 Å². The number of alkyl halides is 1. The molecule has 0 spiro atoms. The summed E-state index contributed by atoms with van der Waals surface area (Å²) in [5.74, 6) is -1.16. The van der Waals surface area contributed by atoms with E-state index in [4.69, 9.17) is 17.3 Å². The predicted octanol–water partition coefficient (Wildman–Crippen LogP) is -0.395. The first-order valence-corrected chi connectivity index (χ1v) is 3.60. The van der Waals surface area contributed by atoms with Gasteiger partial charge in [0.25, 0.3) is 0 Å². The number of amides is 2. The van der Waals surface area contributed by atoms with Crippen molar-refractivity contribution >= 4 is 23.4 Å². The number of nitrogens with one attached hydrogen (secondary N) is 1. The van der Waals surface area contributed by atoms with Crippen molar-refractivity contribution < 1.29 is 9.59 Å². The third-order valence-corrected chi connectivity index (χ3v) is 1.43. The molecule has 0 saturated heterocycles. The second-order valence-corrected chi connectivity index (χ2v) is 2.94. The standard InChI is InChI=1S/C6H11ClN2O2/c1-6(2,5(8)11)9-4(10)3-7/h3H2,1-2H3,(H2,8,11)(H,9,10). The molecule has 0 aliphatic carbocycles. The van der Waals surface area contributed by atoms with Gasteiger partial charge in [-0.25, -0.2) is 0 Å². The Kier molecular flexibility index (Phi) is 3.32. The monoisotopic (exact) mass is 178 g/mol. The van der Waals surface area contributed by atoms with Gasteiger partial charge in [0.15, 0.2) is 0 Å². The minimum absolute atomic E-state index is 0.170. The molecular formula is C6H11ClN2O2.